The highest BCUT2D eigenvalue weighted by Crippen LogP contribution is 2.23. The number of halogens is 1. The first-order valence-corrected chi connectivity index (χ1v) is 7.89. The first-order chi connectivity index (χ1) is 9.83. The van der Waals surface area contributed by atoms with Gasteiger partial charge in [-0.3, -0.25) is 4.72 Å². The number of sulfonamides is 1. The number of nitrogens with two attached hydrogens (primary N) is 1. The van der Waals surface area contributed by atoms with Crippen LogP contribution >= 0.6 is 12.2 Å². The Morgan fingerprint density at radius 2 is 1.86 bits per heavy atom. The molecule has 0 atom stereocenters. The predicted octanol–water partition coefficient (Wildman–Crippen LogP) is 2.57. The Hall–Kier alpha value is -1.99. The van der Waals surface area contributed by atoms with Crippen molar-refractivity contribution in [1.29, 1.82) is 0 Å². The van der Waals surface area contributed by atoms with Crippen molar-refractivity contribution in [3.63, 3.8) is 0 Å². The normalized spacial score (nSPS) is 11.1. The summed E-state index contributed by atoms with van der Waals surface area (Å²) in [6.45, 7) is 1.76. The topological polar surface area (TPSA) is 72.2 Å². The van der Waals surface area contributed by atoms with Crippen LogP contribution in [-0.2, 0) is 10.0 Å². The second kappa shape index (κ2) is 5.79. The minimum absolute atomic E-state index is 0.279. The molecule has 4 nitrogen and oxygen atoms in total. The maximum absolute atomic E-state index is 13.8. The van der Waals surface area contributed by atoms with E-state index in [1.54, 1.807) is 31.2 Å². The van der Waals surface area contributed by atoms with Crippen LogP contribution in [0.1, 0.15) is 11.1 Å². The van der Waals surface area contributed by atoms with E-state index >= 15 is 0 Å². The standard InChI is InChI=1S/C14H13FN2O2S2/c1-9-5-2-3-7-11(9)17-21(18,19)12-8-4-6-10(15)13(12)14(16)20/h2-8,17H,1H3,(H2,16,20). The van der Waals surface area contributed by atoms with E-state index in [1.165, 1.54) is 12.1 Å². The highest BCUT2D eigenvalue weighted by Gasteiger charge is 2.23. The lowest BCUT2D eigenvalue weighted by Gasteiger charge is -2.13. The maximum Gasteiger partial charge on any atom is 0.262 e. The van der Waals surface area contributed by atoms with Crippen LogP contribution in [0.4, 0.5) is 10.1 Å². The molecule has 0 heterocycles. The Balaban J connectivity index is 2.53. The van der Waals surface area contributed by atoms with Gasteiger partial charge in [0.25, 0.3) is 10.0 Å². The number of nitrogens with one attached hydrogen (secondary N) is 1. The van der Waals surface area contributed by atoms with Crippen molar-refractivity contribution >= 4 is 32.9 Å². The second-order valence-electron chi connectivity index (χ2n) is 4.40. The van der Waals surface area contributed by atoms with Crippen molar-refractivity contribution in [2.24, 2.45) is 5.73 Å². The Labute approximate surface area is 127 Å². The molecule has 2 aromatic carbocycles. The molecule has 3 N–H and O–H groups in total. The summed E-state index contributed by atoms with van der Waals surface area (Å²) < 4.78 is 41.1. The third kappa shape index (κ3) is 3.20. The molecule has 0 aliphatic carbocycles. The molecule has 21 heavy (non-hydrogen) atoms. The summed E-state index contributed by atoms with van der Waals surface area (Å²) in [5.41, 5.74) is 6.31. The van der Waals surface area contributed by atoms with Crippen LogP contribution in [0.15, 0.2) is 47.4 Å². The summed E-state index contributed by atoms with van der Waals surface area (Å²) in [6, 6.07) is 10.5. The van der Waals surface area contributed by atoms with E-state index in [9.17, 15) is 12.8 Å². The van der Waals surface area contributed by atoms with Crippen molar-refractivity contribution in [1.82, 2.24) is 0 Å². The maximum atomic E-state index is 13.8. The Morgan fingerprint density at radius 3 is 2.48 bits per heavy atom. The Morgan fingerprint density at radius 1 is 1.19 bits per heavy atom. The smallest absolute Gasteiger partial charge is 0.262 e. The van der Waals surface area contributed by atoms with E-state index in [1.807, 2.05) is 0 Å². The van der Waals surface area contributed by atoms with Gasteiger partial charge in [-0.1, -0.05) is 36.5 Å². The monoisotopic (exact) mass is 324 g/mol. The van der Waals surface area contributed by atoms with Crippen LogP contribution in [0.25, 0.3) is 0 Å². The SMILES string of the molecule is Cc1ccccc1NS(=O)(=O)c1cccc(F)c1C(N)=S. The summed E-state index contributed by atoms with van der Waals surface area (Å²) in [6.07, 6.45) is 0. The van der Waals surface area contributed by atoms with Crippen LogP contribution in [0.2, 0.25) is 0 Å². The number of rotatable bonds is 4. The molecule has 0 spiro atoms. The molecular formula is C14H13FN2O2S2. The Kier molecular flexibility index (Phi) is 4.24. The number of thiocarbonyl (C=S) groups is 1. The molecule has 0 aliphatic heterocycles. The fourth-order valence-corrected chi connectivity index (χ4v) is 3.49. The van der Waals surface area contributed by atoms with Crippen LogP contribution in [0.5, 0.6) is 0 Å². The molecule has 0 fully saturated rings. The highest BCUT2D eigenvalue weighted by molar-refractivity contribution is 7.93. The zero-order valence-corrected chi connectivity index (χ0v) is 12.8. The van der Waals surface area contributed by atoms with Gasteiger partial charge in [-0.05, 0) is 30.7 Å². The molecule has 2 aromatic rings. The number of hydrogen-bond acceptors (Lipinski definition) is 3. The third-order valence-electron chi connectivity index (χ3n) is 2.90. The average Bonchev–Trinajstić information content (AvgIpc) is 2.40. The molecular weight excluding hydrogens is 311 g/mol. The molecule has 0 amide bonds. The van der Waals surface area contributed by atoms with E-state index < -0.39 is 15.8 Å². The molecule has 7 heteroatoms. The van der Waals surface area contributed by atoms with Crippen molar-refractivity contribution in [3.05, 3.63) is 59.4 Å². The lowest BCUT2D eigenvalue weighted by Crippen LogP contribution is -2.21. The average molecular weight is 324 g/mol. The number of benzene rings is 2. The summed E-state index contributed by atoms with van der Waals surface area (Å²) in [7, 11) is -3.99. The fraction of sp³-hybridized carbons (Fsp3) is 0.0714. The minimum atomic E-state index is -3.99. The first-order valence-electron chi connectivity index (χ1n) is 5.99. The van der Waals surface area contributed by atoms with E-state index in [0.717, 1.165) is 11.6 Å². The number of aryl methyl sites for hydroxylation is 1. The van der Waals surface area contributed by atoms with Gasteiger partial charge in [-0.2, -0.15) is 0 Å². The molecule has 0 unspecified atom stereocenters. The molecule has 0 aliphatic rings. The largest absolute Gasteiger partial charge is 0.389 e. The minimum Gasteiger partial charge on any atom is -0.389 e. The van der Waals surface area contributed by atoms with Gasteiger partial charge in [0.15, 0.2) is 0 Å². The summed E-state index contributed by atoms with van der Waals surface area (Å²) in [5, 5.41) is 0. The van der Waals surface area contributed by atoms with E-state index in [0.29, 0.717) is 5.69 Å². The molecule has 0 saturated carbocycles. The lowest BCUT2D eigenvalue weighted by atomic mass is 10.2. The Bertz CT molecular complexity index is 804. The fourth-order valence-electron chi connectivity index (χ4n) is 1.85. The zero-order chi connectivity index (χ0) is 15.6. The van der Waals surface area contributed by atoms with Crippen LogP contribution < -0.4 is 10.5 Å². The molecule has 0 aromatic heterocycles. The third-order valence-corrected chi connectivity index (χ3v) is 4.51. The summed E-state index contributed by atoms with van der Waals surface area (Å²) in [5.74, 6) is -0.768. The van der Waals surface area contributed by atoms with Crippen molar-refractivity contribution < 1.29 is 12.8 Å². The molecule has 0 bridgehead atoms. The summed E-state index contributed by atoms with van der Waals surface area (Å²) >= 11 is 4.74. The molecule has 0 saturated heterocycles. The predicted molar refractivity (Wildman–Crippen MR) is 84.3 cm³/mol. The van der Waals surface area contributed by atoms with Crippen LogP contribution in [0.3, 0.4) is 0 Å². The molecule has 0 radical (unpaired) electrons. The van der Waals surface area contributed by atoms with Gasteiger partial charge in [0.2, 0.25) is 0 Å². The van der Waals surface area contributed by atoms with Gasteiger partial charge in [-0.15, -0.1) is 0 Å². The molecule has 110 valence electrons. The van der Waals surface area contributed by atoms with Crippen molar-refractivity contribution in [2.45, 2.75) is 11.8 Å². The van der Waals surface area contributed by atoms with E-state index in [2.05, 4.69) is 4.72 Å². The number of para-hydroxylation sites is 1. The van der Waals surface area contributed by atoms with Gasteiger partial charge in [0.05, 0.1) is 11.3 Å². The quantitative estimate of drug-likeness (QED) is 0.848. The van der Waals surface area contributed by atoms with Gasteiger partial charge in [0.1, 0.15) is 15.7 Å². The molecule has 2 rings (SSSR count). The number of anilines is 1. The first kappa shape index (κ1) is 15.4. The number of hydrogen-bond donors (Lipinski definition) is 2. The van der Waals surface area contributed by atoms with Crippen LogP contribution in [0, 0.1) is 12.7 Å². The van der Waals surface area contributed by atoms with Crippen molar-refractivity contribution in [2.75, 3.05) is 4.72 Å². The van der Waals surface area contributed by atoms with E-state index in [4.69, 9.17) is 18.0 Å². The lowest BCUT2D eigenvalue weighted by molar-refractivity contribution is 0.594. The van der Waals surface area contributed by atoms with Crippen molar-refractivity contribution in [3.8, 4) is 0 Å². The second-order valence-corrected chi connectivity index (χ2v) is 6.49. The summed E-state index contributed by atoms with van der Waals surface area (Å²) in [4.78, 5) is -0.587. The van der Waals surface area contributed by atoms with Gasteiger partial charge < -0.3 is 5.73 Å². The van der Waals surface area contributed by atoms with Gasteiger partial charge >= 0.3 is 0 Å². The van der Waals surface area contributed by atoms with Gasteiger partial charge in [-0.25, -0.2) is 12.8 Å². The van der Waals surface area contributed by atoms with Gasteiger partial charge in [0, 0.05) is 0 Å². The zero-order valence-electron chi connectivity index (χ0n) is 11.1. The highest BCUT2D eigenvalue weighted by atomic mass is 32.2. The van der Waals surface area contributed by atoms with E-state index in [-0.39, 0.29) is 15.4 Å². The van der Waals surface area contributed by atoms with Crippen LogP contribution in [-0.4, -0.2) is 13.4 Å².